The van der Waals surface area contributed by atoms with Crippen molar-refractivity contribution in [1.82, 2.24) is 9.97 Å². The molecule has 0 bridgehead atoms. The van der Waals surface area contributed by atoms with Crippen molar-refractivity contribution in [3.05, 3.63) is 62.9 Å². The Bertz CT molecular complexity index is 1170. The summed E-state index contributed by atoms with van der Waals surface area (Å²) >= 11 is 1.19. The molecule has 1 aromatic carbocycles. The average Bonchev–Trinajstić information content (AvgIpc) is 3.17. The minimum atomic E-state index is -1.52. The number of aromatic nitrogens is 2. The van der Waals surface area contributed by atoms with Crippen LogP contribution in [0.4, 0.5) is 5.69 Å². The number of rotatable bonds is 4. The second kappa shape index (κ2) is 7.51. The maximum absolute atomic E-state index is 12.8. The van der Waals surface area contributed by atoms with Crippen LogP contribution in [0.15, 0.2) is 40.5 Å². The van der Waals surface area contributed by atoms with Gasteiger partial charge in [-0.3, -0.25) is 9.59 Å². The molecule has 0 radical (unpaired) electrons. The van der Waals surface area contributed by atoms with Crippen molar-refractivity contribution in [3.8, 4) is 16.5 Å². The van der Waals surface area contributed by atoms with Crippen molar-refractivity contribution in [2.24, 2.45) is 5.92 Å². The Morgan fingerprint density at radius 2 is 1.97 bits per heavy atom. The van der Waals surface area contributed by atoms with Crippen molar-refractivity contribution >= 4 is 28.9 Å². The fraction of sp³-hybridized carbons (Fsp3) is 0.200. The standard InChI is InChI=1S/C20H17N3O5S/c24-15-14(20(27)28)22-17(23-19(15)26)16-13(7-8-29-16)21-18(25)12-6-5-10-3-1-2-4-11(10)9-12/h1-4,7-8,12,24H,5-6,9H2,(H,21,25)(H,27,28)(H,22,23,26). The van der Waals surface area contributed by atoms with Crippen molar-refractivity contribution in [1.29, 1.82) is 0 Å². The Balaban J connectivity index is 1.59. The molecular formula is C20H17N3O5S. The summed E-state index contributed by atoms with van der Waals surface area (Å²) in [6, 6.07) is 9.73. The maximum Gasteiger partial charge on any atom is 0.358 e. The quantitative estimate of drug-likeness (QED) is 0.522. The van der Waals surface area contributed by atoms with E-state index in [1.807, 2.05) is 18.2 Å². The average molecular weight is 411 g/mol. The highest BCUT2D eigenvalue weighted by Gasteiger charge is 2.26. The second-order valence-corrected chi connectivity index (χ2v) is 7.69. The number of benzene rings is 1. The van der Waals surface area contributed by atoms with Crippen molar-refractivity contribution in [2.75, 3.05) is 5.32 Å². The number of H-pyrrole nitrogens is 1. The smallest absolute Gasteiger partial charge is 0.358 e. The van der Waals surface area contributed by atoms with E-state index in [1.54, 1.807) is 11.4 Å². The molecule has 4 rings (SSSR count). The van der Waals surface area contributed by atoms with Gasteiger partial charge in [0.05, 0.1) is 10.6 Å². The number of aryl methyl sites for hydroxylation is 1. The first-order chi connectivity index (χ1) is 13.9. The topological polar surface area (TPSA) is 132 Å². The monoisotopic (exact) mass is 411 g/mol. The molecule has 8 nitrogen and oxygen atoms in total. The van der Waals surface area contributed by atoms with Crippen molar-refractivity contribution < 1.29 is 19.8 Å². The number of aromatic hydroxyl groups is 1. The first kappa shape index (κ1) is 18.9. The summed E-state index contributed by atoms with van der Waals surface area (Å²) in [5.74, 6) is -2.82. The predicted octanol–water partition coefficient (Wildman–Crippen LogP) is 2.65. The Morgan fingerprint density at radius 3 is 2.72 bits per heavy atom. The van der Waals surface area contributed by atoms with Gasteiger partial charge in [-0.05, 0) is 41.8 Å². The summed E-state index contributed by atoms with van der Waals surface area (Å²) in [7, 11) is 0. The molecule has 1 aliphatic carbocycles. The van der Waals surface area contributed by atoms with E-state index in [2.05, 4.69) is 21.4 Å². The van der Waals surface area contributed by atoms with Crippen LogP contribution in [-0.2, 0) is 17.6 Å². The van der Waals surface area contributed by atoms with Gasteiger partial charge >= 0.3 is 5.97 Å². The van der Waals surface area contributed by atoms with Crippen LogP contribution in [0.5, 0.6) is 5.75 Å². The summed E-state index contributed by atoms with van der Waals surface area (Å²) in [6.07, 6.45) is 2.22. The maximum atomic E-state index is 12.8. The lowest BCUT2D eigenvalue weighted by Crippen LogP contribution is -2.28. The lowest BCUT2D eigenvalue weighted by Gasteiger charge is -2.23. The Labute approximate surface area is 168 Å². The number of thiophene rings is 1. The van der Waals surface area contributed by atoms with Gasteiger partial charge in [-0.2, -0.15) is 0 Å². The second-order valence-electron chi connectivity index (χ2n) is 6.78. The SMILES string of the molecule is O=C(O)c1nc(-c2sccc2NC(=O)C2CCc3ccccc3C2)[nH]c(=O)c1O. The number of nitrogens with one attached hydrogen (secondary N) is 2. The zero-order chi connectivity index (χ0) is 20.5. The number of fused-ring (bicyclic) bond motifs is 1. The first-order valence-corrected chi connectivity index (χ1v) is 9.84. The van der Waals surface area contributed by atoms with Crippen LogP contribution < -0.4 is 10.9 Å². The lowest BCUT2D eigenvalue weighted by atomic mass is 9.83. The van der Waals surface area contributed by atoms with Crippen LogP contribution in [0.1, 0.15) is 28.0 Å². The van der Waals surface area contributed by atoms with Gasteiger partial charge in [-0.15, -0.1) is 11.3 Å². The summed E-state index contributed by atoms with van der Waals surface area (Å²) in [6.45, 7) is 0. The number of carbonyl (C=O) groups excluding carboxylic acids is 1. The third-order valence-corrected chi connectivity index (χ3v) is 5.87. The van der Waals surface area contributed by atoms with Gasteiger partial charge in [-0.25, -0.2) is 9.78 Å². The van der Waals surface area contributed by atoms with Crippen LogP contribution in [-0.4, -0.2) is 32.1 Å². The minimum absolute atomic E-state index is 0.0236. The lowest BCUT2D eigenvalue weighted by molar-refractivity contribution is -0.120. The van der Waals surface area contributed by atoms with Gasteiger partial charge in [0.15, 0.2) is 11.5 Å². The molecule has 2 aromatic heterocycles. The minimum Gasteiger partial charge on any atom is -0.501 e. The molecular weight excluding hydrogens is 394 g/mol. The molecule has 29 heavy (non-hydrogen) atoms. The van der Waals surface area contributed by atoms with E-state index in [4.69, 9.17) is 5.11 Å². The Hall–Kier alpha value is -3.46. The van der Waals surface area contributed by atoms with Crippen LogP contribution in [0.25, 0.3) is 10.7 Å². The molecule has 1 atom stereocenters. The van der Waals surface area contributed by atoms with Crippen molar-refractivity contribution in [3.63, 3.8) is 0 Å². The fourth-order valence-corrected chi connectivity index (χ4v) is 4.27. The zero-order valence-corrected chi connectivity index (χ0v) is 16.0. The highest BCUT2D eigenvalue weighted by atomic mass is 32.1. The number of carboxylic acids is 1. The van der Waals surface area contributed by atoms with Gasteiger partial charge in [0.1, 0.15) is 0 Å². The van der Waals surface area contributed by atoms with Gasteiger partial charge in [0, 0.05) is 5.92 Å². The van der Waals surface area contributed by atoms with Crippen LogP contribution in [0.2, 0.25) is 0 Å². The predicted molar refractivity (Wildman–Crippen MR) is 107 cm³/mol. The molecule has 2 heterocycles. The molecule has 9 heteroatoms. The van der Waals surface area contributed by atoms with E-state index in [-0.39, 0.29) is 17.6 Å². The first-order valence-electron chi connectivity index (χ1n) is 8.96. The number of anilines is 1. The van der Waals surface area contributed by atoms with E-state index >= 15 is 0 Å². The summed E-state index contributed by atoms with van der Waals surface area (Å²) < 4.78 is 0. The van der Waals surface area contributed by atoms with Crippen LogP contribution >= 0.6 is 11.3 Å². The molecule has 0 aliphatic heterocycles. The van der Waals surface area contributed by atoms with Crippen LogP contribution in [0, 0.1) is 5.92 Å². The number of nitrogens with zero attached hydrogens (tertiary/aromatic N) is 1. The van der Waals surface area contributed by atoms with E-state index in [1.165, 1.54) is 22.5 Å². The fourth-order valence-electron chi connectivity index (χ4n) is 3.47. The summed E-state index contributed by atoms with van der Waals surface area (Å²) in [4.78, 5) is 42.5. The zero-order valence-electron chi connectivity index (χ0n) is 15.1. The number of hydrogen-bond acceptors (Lipinski definition) is 6. The molecule has 4 N–H and O–H groups in total. The molecule has 1 aliphatic rings. The van der Waals surface area contributed by atoms with Crippen molar-refractivity contribution in [2.45, 2.75) is 19.3 Å². The summed E-state index contributed by atoms with van der Waals surface area (Å²) in [5, 5.41) is 23.3. The summed E-state index contributed by atoms with van der Waals surface area (Å²) in [5.41, 5.74) is 1.17. The van der Waals surface area contributed by atoms with Gasteiger partial charge < -0.3 is 20.5 Å². The number of aromatic carboxylic acids is 1. The van der Waals surface area contributed by atoms with E-state index in [9.17, 15) is 19.5 Å². The molecule has 148 valence electrons. The molecule has 1 amide bonds. The van der Waals surface area contributed by atoms with Gasteiger partial charge in [0.25, 0.3) is 5.56 Å². The third kappa shape index (κ3) is 3.64. The highest BCUT2D eigenvalue weighted by molar-refractivity contribution is 7.14. The number of carboxylic acid groups (broad SMARTS) is 1. The van der Waals surface area contributed by atoms with E-state index in [0.29, 0.717) is 17.0 Å². The van der Waals surface area contributed by atoms with Gasteiger partial charge in [-0.1, -0.05) is 24.3 Å². The Morgan fingerprint density at radius 1 is 1.21 bits per heavy atom. The number of carbonyl (C=O) groups is 2. The Kier molecular flexibility index (Phi) is 4.89. The molecule has 0 saturated heterocycles. The number of amides is 1. The third-order valence-electron chi connectivity index (χ3n) is 4.95. The molecule has 0 saturated carbocycles. The largest absolute Gasteiger partial charge is 0.501 e. The normalized spacial score (nSPS) is 15.5. The van der Waals surface area contributed by atoms with Crippen LogP contribution in [0.3, 0.4) is 0 Å². The molecule has 0 spiro atoms. The van der Waals surface area contributed by atoms with Gasteiger partial charge in [0.2, 0.25) is 11.7 Å². The number of hydrogen-bond donors (Lipinski definition) is 4. The van der Waals surface area contributed by atoms with E-state index in [0.717, 1.165) is 12.8 Å². The highest BCUT2D eigenvalue weighted by Crippen LogP contribution is 2.33. The van der Waals surface area contributed by atoms with E-state index < -0.39 is 23.0 Å². The molecule has 3 aromatic rings. The molecule has 1 unspecified atom stereocenters. The number of aromatic amines is 1. The molecule has 0 fully saturated rings.